The molecule has 0 aromatic heterocycles. The molecule has 1 rings (SSSR count). The summed E-state index contributed by atoms with van der Waals surface area (Å²) >= 11 is 0. The Morgan fingerprint density at radius 3 is 2.76 bits per heavy atom. The molecule has 2 unspecified atom stereocenters. The van der Waals surface area contributed by atoms with Crippen molar-refractivity contribution in [2.75, 3.05) is 46.4 Å². The van der Waals surface area contributed by atoms with Gasteiger partial charge in [0.15, 0.2) is 5.96 Å². The molecule has 6 heteroatoms. The van der Waals surface area contributed by atoms with Gasteiger partial charge in [-0.3, -0.25) is 9.89 Å². The van der Waals surface area contributed by atoms with Crippen molar-refractivity contribution < 1.29 is 5.11 Å². The van der Waals surface area contributed by atoms with E-state index in [0.29, 0.717) is 12.6 Å². The third-order valence-corrected chi connectivity index (χ3v) is 3.95. The normalized spacial score (nSPS) is 21.0. The molecule has 5 nitrogen and oxygen atoms in total. The van der Waals surface area contributed by atoms with E-state index in [2.05, 4.69) is 41.0 Å². The SMILES string of the molecule is CCNC(=NCC(C)CO)N(C)CC1CCCN1CC.I. The van der Waals surface area contributed by atoms with Gasteiger partial charge in [-0.15, -0.1) is 24.0 Å². The molecule has 0 aromatic carbocycles. The van der Waals surface area contributed by atoms with Gasteiger partial charge in [0.1, 0.15) is 0 Å². The Morgan fingerprint density at radius 1 is 1.48 bits per heavy atom. The molecule has 0 radical (unpaired) electrons. The van der Waals surface area contributed by atoms with Gasteiger partial charge in [-0.25, -0.2) is 0 Å². The van der Waals surface area contributed by atoms with Crippen LogP contribution in [0.15, 0.2) is 4.99 Å². The molecule has 126 valence electrons. The van der Waals surface area contributed by atoms with Crippen molar-refractivity contribution in [1.29, 1.82) is 0 Å². The standard InChI is InChI=1S/C15H32N4O.HI/c1-5-16-15(17-10-13(3)12-20)18(4)11-14-8-7-9-19(14)6-2;/h13-14,20H,5-12H2,1-4H3,(H,16,17);1H. The summed E-state index contributed by atoms with van der Waals surface area (Å²) in [6, 6.07) is 0.643. The van der Waals surface area contributed by atoms with E-state index in [1.54, 1.807) is 0 Å². The second kappa shape index (κ2) is 11.5. The van der Waals surface area contributed by atoms with E-state index in [1.165, 1.54) is 19.4 Å². The van der Waals surface area contributed by atoms with E-state index in [-0.39, 0.29) is 36.5 Å². The molecule has 0 spiro atoms. The van der Waals surface area contributed by atoms with Crippen LogP contribution in [0.3, 0.4) is 0 Å². The van der Waals surface area contributed by atoms with Crippen LogP contribution in [0.25, 0.3) is 0 Å². The lowest BCUT2D eigenvalue weighted by Crippen LogP contribution is -2.46. The minimum atomic E-state index is 0. The molecule has 0 amide bonds. The van der Waals surface area contributed by atoms with Crippen LogP contribution < -0.4 is 5.32 Å². The smallest absolute Gasteiger partial charge is 0.193 e. The summed E-state index contributed by atoms with van der Waals surface area (Å²) in [7, 11) is 2.11. The zero-order valence-electron chi connectivity index (χ0n) is 14.0. The molecule has 1 saturated heterocycles. The van der Waals surface area contributed by atoms with Crippen molar-refractivity contribution in [2.24, 2.45) is 10.9 Å². The Kier molecular flexibility index (Phi) is 11.4. The maximum absolute atomic E-state index is 9.10. The van der Waals surface area contributed by atoms with Crippen LogP contribution in [0.1, 0.15) is 33.6 Å². The molecule has 1 aliphatic heterocycles. The predicted octanol–water partition coefficient (Wildman–Crippen LogP) is 1.61. The van der Waals surface area contributed by atoms with E-state index in [9.17, 15) is 0 Å². The number of aliphatic hydroxyl groups is 1. The lowest BCUT2D eigenvalue weighted by molar-refractivity contribution is 0.230. The number of halogens is 1. The average Bonchev–Trinajstić information content (AvgIpc) is 2.89. The van der Waals surface area contributed by atoms with Crippen molar-refractivity contribution in [1.82, 2.24) is 15.1 Å². The van der Waals surface area contributed by atoms with Crippen LogP contribution in [-0.4, -0.2) is 73.3 Å². The third-order valence-electron chi connectivity index (χ3n) is 3.95. The van der Waals surface area contributed by atoms with Crippen LogP contribution in [0, 0.1) is 5.92 Å². The lowest BCUT2D eigenvalue weighted by Gasteiger charge is -2.30. The first kappa shape index (κ1) is 20.9. The molecule has 0 aliphatic carbocycles. The predicted molar refractivity (Wildman–Crippen MR) is 101 cm³/mol. The molecular formula is C15H33IN4O. The molecular weight excluding hydrogens is 379 g/mol. The Labute approximate surface area is 147 Å². The van der Waals surface area contributed by atoms with Gasteiger partial charge in [0, 0.05) is 39.3 Å². The number of likely N-dealkylation sites (tertiary alicyclic amines) is 1. The molecule has 2 atom stereocenters. The number of rotatable bonds is 7. The second-order valence-corrected chi connectivity index (χ2v) is 5.79. The summed E-state index contributed by atoms with van der Waals surface area (Å²) in [5, 5.41) is 12.4. The number of hydrogen-bond acceptors (Lipinski definition) is 3. The molecule has 2 N–H and O–H groups in total. The molecule has 21 heavy (non-hydrogen) atoms. The van der Waals surface area contributed by atoms with Gasteiger partial charge in [0.05, 0.1) is 0 Å². The van der Waals surface area contributed by atoms with Crippen molar-refractivity contribution in [3.8, 4) is 0 Å². The quantitative estimate of drug-likeness (QED) is 0.379. The maximum atomic E-state index is 9.10. The van der Waals surface area contributed by atoms with Gasteiger partial charge in [0.2, 0.25) is 0 Å². The fourth-order valence-electron chi connectivity index (χ4n) is 2.69. The third kappa shape index (κ3) is 7.15. The molecule has 1 fully saturated rings. The maximum Gasteiger partial charge on any atom is 0.193 e. The zero-order valence-corrected chi connectivity index (χ0v) is 16.3. The summed E-state index contributed by atoms with van der Waals surface area (Å²) < 4.78 is 0. The number of hydrogen-bond donors (Lipinski definition) is 2. The van der Waals surface area contributed by atoms with Crippen LogP contribution in [0.2, 0.25) is 0 Å². The molecule has 0 saturated carbocycles. The summed E-state index contributed by atoms with van der Waals surface area (Å²) in [5.74, 6) is 1.17. The highest BCUT2D eigenvalue weighted by Gasteiger charge is 2.24. The van der Waals surface area contributed by atoms with E-state index in [0.717, 1.165) is 25.6 Å². The van der Waals surface area contributed by atoms with Gasteiger partial charge in [-0.2, -0.15) is 0 Å². The number of nitrogens with zero attached hydrogens (tertiary/aromatic N) is 3. The zero-order chi connectivity index (χ0) is 15.0. The van der Waals surface area contributed by atoms with Crippen LogP contribution in [0.5, 0.6) is 0 Å². The van der Waals surface area contributed by atoms with E-state index in [1.807, 2.05) is 6.92 Å². The fourth-order valence-corrected chi connectivity index (χ4v) is 2.69. The monoisotopic (exact) mass is 412 g/mol. The van der Waals surface area contributed by atoms with E-state index < -0.39 is 0 Å². The minimum Gasteiger partial charge on any atom is -0.396 e. The Bertz CT molecular complexity index is 301. The highest BCUT2D eigenvalue weighted by Crippen LogP contribution is 2.17. The van der Waals surface area contributed by atoms with Gasteiger partial charge in [-0.1, -0.05) is 13.8 Å². The average molecular weight is 412 g/mol. The van der Waals surface area contributed by atoms with Gasteiger partial charge >= 0.3 is 0 Å². The first-order valence-electron chi connectivity index (χ1n) is 7.96. The van der Waals surface area contributed by atoms with Crippen molar-refractivity contribution >= 4 is 29.9 Å². The van der Waals surface area contributed by atoms with Crippen molar-refractivity contribution in [3.63, 3.8) is 0 Å². The molecule has 1 heterocycles. The van der Waals surface area contributed by atoms with E-state index in [4.69, 9.17) is 5.11 Å². The minimum absolute atomic E-state index is 0. The number of likely N-dealkylation sites (N-methyl/N-ethyl adjacent to an activating group) is 2. The lowest BCUT2D eigenvalue weighted by atomic mass is 10.2. The highest BCUT2D eigenvalue weighted by molar-refractivity contribution is 14.0. The van der Waals surface area contributed by atoms with Crippen LogP contribution >= 0.6 is 24.0 Å². The molecule has 0 bridgehead atoms. The largest absolute Gasteiger partial charge is 0.396 e. The fraction of sp³-hybridized carbons (Fsp3) is 0.933. The topological polar surface area (TPSA) is 51.1 Å². The second-order valence-electron chi connectivity index (χ2n) is 5.79. The van der Waals surface area contributed by atoms with E-state index >= 15 is 0 Å². The number of guanidine groups is 1. The number of aliphatic imine (C=N–C) groups is 1. The first-order valence-corrected chi connectivity index (χ1v) is 7.96. The van der Waals surface area contributed by atoms with Crippen LogP contribution in [-0.2, 0) is 0 Å². The van der Waals surface area contributed by atoms with Gasteiger partial charge in [0.25, 0.3) is 0 Å². The summed E-state index contributed by atoms with van der Waals surface area (Å²) in [5.41, 5.74) is 0. The van der Waals surface area contributed by atoms with Gasteiger partial charge in [-0.05, 0) is 38.8 Å². The number of aliphatic hydroxyl groups excluding tert-OH is 1. The highest BCUT2D eigenvalue weighted by atomic mass is 127. The Morgan fingerprint density at radius 2 is 2.19 bits per heavy atom. The van der Waals surface area contributed by atoms with Crippen molar-refractivity contribution in [3.05, 3.63) is 0 Å². The molecule has 0 aromatic rings. The summed E-state index contributed by atoms with van der Waals surface area (Å²) in [6.45, 7) is 11.5. The van der Waals surface area contributed by atoms with Crippen molar-refractivity contribution in [2.45, 2.75) is 39.7 Å². The molecule has 1 aliphatic rings. The Balaban J connectivity index is 0.00000400. The first-order chi connectivity index (χ1) is 9.62. The van der Waals surface area contributed by atoms with Gasteiger partial charge < -0.3 is 15.3 Å². The summed E-state index contributed by atoms with van der Waals surface area (Å²) in [4.78, 5) is 9.41. The Hall–Kier alpha value is -0.0800. The van der Waals surface area contributed by atoms with Crippen LogP contribution in [0.4, 0.5) is 0 Å². The number of nitrogens with one attached hydrogen (secondary N) is 1. The summed E-state index contributed by atoms with van der Waals surface area (Å²) in [6.07, 6.45) is 2.59.